The molecule has 0 bridgehead atoms. The zero-order valence-corrected chi connectivity index (χ0v) is 15.2. The molecule has 1 aromatic carbocycles. The van der Waals surface area contributed by atoms with Gasteiger partial charge in [0.05, 0.1) is 6.61 Å². The van der Waals surface area contributed by atoms with Crippen molar-refractivity contribution in [3.63, 3.8) is 0 Å². The van der Waals surface area contributed by atoms with Crippen molar-refractivity contribution < 1.29 is 4.74 Å². The summed E-state index contributed by atoms with van der Waals surface area (Å²) < 4.78 is 6.92. The second-order valence-corrected chi connectivity index (χ2v) is 7.17. The molecule has 0 aromatic heterocycles. The summed E-state index contributed by atoms with van der Waals surface area (Å²) in [7, 11) is 0. The lowest BCUT2D eigenvalue weighted by atomic mass is 10.1. The maximum absolute atomic E-state index is 5.77. The average molecular weight is 355 g/mol. The number of nitrogens with zero attached hydrogens (tertiary/aromatic N) is 1. The Morgan fingerprint density at radius 1 is 1.24 bits per heavy atom. The van der Waals surface area contributed by atoms with Crippen molar-refractivity contribution in [2.45, 2.75) is 52.7 Å². The largest absolute Gasteiger partial charge is 0.493 e. The number of nitrogens with one attached hydrogen (secondary N) is 1. The smallest absolute Gasteiger partial charge is 0.127 e. The van der Waals surface area contributed by atoms with Gasteiger partial charge in [0.15, 0.2) is 0 Å². The summed E-state index contributed by atoms with van der Waals surface area (Å²) in [6, 6.07) is 5.51. The average Bonchev–Trinajstić information content (AvgIpc) is 2.85. The number of fused-ring (bicyclic) bond motifs is 1. The monoisotopic (exact) mass is 354 g/mol. The quantitative estimate of drug-likeness (QED) is 0.757. The second-order valence-electron chi connectivity index (χ2n) is 6.25. The minimum absolute atomic E-state index is 0.588. The number of hydrogen-bond acceptors (Lipinski definition) is 3. The molecule has 1 aliphatic heterocycles. The van der Waals surface area contributed by atoms with E-state index in [0.29, 0.717) is 12.1 Å². The van der Waals surface area contributed by atoms with E-state index in [2.05, 4.69) is 66.0 Å². The zero-order valence-electron chi connectivity index (χ0n) is 13.6. The minimum Gasteiger partial charge on any atom is -0.493 e. The minimum atomic E-state index is 0.588. The SMILES string of the molecule is CC(C)N(CCNCc1cc(Br)cc2c1OCC2)C(C)C. The van der Waals surface area contributed by atoms with Gasteiger partial charge in [0.2, 0.25) is 0 Å². The van der Waals surface area contributed by atoms with Gasteiger partial charge >= 0.3 is 0 Å². The van der Waals surface area contributed by atoms with E-state index >= 15 is 0 Å². The summed E-state index contributed by atoms with van der Waals surface area (Å²) in [5.41, 5.74) is 2.59. The first-order valence-electron chi connectivity index (χ1n) is 7.89. The molecule has 1 N–H and O–H groups in total. The molecule has 0 aliphatic carbocycles. The van der Waals surface area contributed by atoms with E-state index < -0.39 is 0 Å². The van der Waals surface area contributed by atoms with E-state index in [-0.39, 0.29) is 0 Å². The maximum atomic E-state index is 5.77. The van der Waals surface area contributed by atoms with E-state index in [9.17, 15) is 0 Å². The van der Waals surface area contributed by atoms with E-state index in [0.717, 1.165) is 42.9 Å². The molecule has 0 saturated heterocycles. The van der Waals surface area contributed by atoms with Crippen LogP contribution in [0.15, 0.2) is 16.6 Å². The first-order chi connectivity index (χ1) is 9.99. The molecule has 1 aromatic rings. The normalized spacial score (nSPS) is 14.1. The Labute approximate surface area is 137 Å². The van der Waals surface area contributed by atoms with Crippen LogP contribution in [0.2, 0.25) is 0 Å². The van der Waals surface area contributed by atoms with Crippen LogP contribution in [0.25, 0.3) is 0 Å². The Morgan fingerprint density at radius 2 is 1.95 bits per heavy atom. The predicted octanol–water partition coefficient (Wildman–Crippen LogP) is 3.59. The van der Waals surface area contributed by atoms with E-state index in [4.69, 9.17) is 4.74 Å². The highest BCUT2D eigenvalue weighted by Gasteiger charge is 2.17. The standard InChI is InChI=1S/C17H27BrN2O/c1-12(2)20(13(3)4)7-6-19-11-15-10-16(18)9-14-5-8-21-17(14)15/h9-10,12-13,19H,5-8,11H2,1-4H3. The van der Waals surface area contributed by atoms with E-state index in [1.165, 1.54) is 11.1 Å². The van der Waals surface area contributed by atoms with Crippen LogP contribution in [-0.4, -0.2) is 36.7 Å². The fraction of sp³-hybridized carbons (Fsp3) is 0.647. The topological polar surface area (TPSA) is 24.5 Å². The Kier molecular flexibility index (Phi) is 6.08. The van der Waals surface area contributed by atoms with Crippen molar-refractivity contribution in [3.05, 3.63) is 27.7 Å². The third-order valence-electron chi connectivity index (χ3n) is 4.01. The van der Waals surface area contributed by atoms with Crippen molar-refractivity contribution in [1.82, 2.24) is 10.2 Å². The zero-order chi connectivity index (χ0) is 15.4. The lowest BCUT2D eigenvalue weighted by Crippen LogP contribution is -2.41. The van der Waals surface area contributed by atoms with Gasteiger partial charge in [-0.15, -0.1) is 0 Å². The Morgan fingerprint density at radius 3 is 2.62 bits per heavy atom. The summed E-state index contributed by atoms with van der Waals surface area (Å²) in [6.07, 6.45) is 1.02. The molecule has 2 rings (SSSR count). The molecule has 0 spiro atoms. The van der Waals surface area contributed by atoms with Crippen molar-refractivity contribution in [2.24, 2.45) is 0 Å². The first kappa shape index (κ1) is 16.8. The molecule has 4 heteroatoms. The molecule has 0 atom stereocenters. The van der Waals surface area contributed by atoms with Gasteiger partial charge in [0, 0.05) is 48.2 Å². The Hall–Kier alpha value is -0.580. The maximum Gasteiger partial charge on any atom is 0.127 e. The Bertz CT molecular complexity index is 466. The van der Waals surface area contributed by atoms with Crippen molar-refractivity contribution >= 4 is 15.9 Å². The molecule has 0 unspecified atom stereocenters. The van der Waals surface area contributed by atoms with Crippen molar-refractivity contribution in [2.75, 3.05) is 19.7 Å². The lowest BCUT2D eigenvalue weighted by molar-refractivity contribution is 0.175. The Balaban J connectivity index is 1.87. The van der Waals surface area contributed by atoms with Crippen LogP contribution in [0, 0.1) is 0 Å². The number of benzene rings is 1. The molecule has 1 aliphatic rings. The van der Waals surface area contributed by atoms with Gasteiger partial charge in [-0.2, -0.15) is 0 Å². The first-order valence-corrected chi connectivity index (χ1v) is 8.69. The highest BCUT2D eigenvalue weighted by Crippen LogP contribution is 2.32. The van der Waals surface area contributed by atoms with Crippen LogP contribution < -0.4 is 10.1 Å². The fourth-order valence-electron chi connectivity index (χ4n) is 3.02. The second kappa shape index (κ2) is 7.61. The summed E-state index contributed by atoms with van der Waals surface area (Å²) in [5.74, 6) is 1.09. The van der Waals surface area contributed by atoms with Crippen LogP contribution >= 0.6 is 15.9 Å². The molecule has 21 heavy (non-hydrogen) atoms. The van der Waals surface area contributed by atoms with Gasteiger partial charge in [0.25, 0.3) is 0 Å². The number of rotatable bonds is 7. The molecule has 3 nitrogen and oxygen atoms in total. The summed E-state index contributed by atoms with van der Waals surface area (Å²) in [6.45, 7) is 12.8. The van der Waals surface area contributed by atoms with Crippen LogP contribution in [-0.2, 0) is 13.0 Å². The fourth-order valence-corrected chi connectivity index (χ4v) is 3.57. The van der Waals surface area contributed by atoms with Crippen molar-refractivity contribution in [3.8, 4) is 5.75 Å². The molecule has 118 valence electrons. The predicted molar refractivity (Wildman–Crippen MR) is 92.0 cm³/mol. The molecular formula is C17H27BrN2O. The van der Waals surface area contributed by atoms with Gasteiger partial charge < -0.3 is 10.1 Å². The molecule has 0 radical (unpaired) electrons. The molecule has 0 saturated carbocycles. The van der Waals surface area contributed by atoms with Crippen LogP contribution in [0.1, 0.15) is 38.8 Å². The lowest BCUT2D eigenvalue weighted by Gasteiger charge is -2.30. The summed E-state index contributed by atoms with van der Waals surface area (Å²) >= 11 is 3.59. The third-order valence-corrected chi connectivity index (χ3v) is 4.47. The van der Waals surface area contributed by atoms with Crippen LogP contribution in [0.4, 0.5) is 0 Å². The van der Waals surface area contributed by atoms with Crippen LogP contribution in [0.5, 0.6) is 5.75 Å². The highest BCUT2D eigenvalue weighted by molar-refractivity contribution is 9.10. The van der Waals surface area contributed by atoms with Gasteiger partial charge in [-0.05, 0) is 45.4 Å². The van der Waals surface area contributed by atoms with E-state index in [1.807, 2.05) is 0 Å². The molecule has 1 heterocycles. The third kappa shape index (κ3) is 4.44. The summed E-state index contributed by atoms with van der Waals surface area (Å²) in [5, 5.41) is 3.56. The number of halogens is 1. The van der Waals surface area contributed by atoms with Gasteiger partial charge in [-0.25, -0.2) is 0 Å². The molecule has 0 amide bonds. The van der Waals surface area contributed by atoms with Gasteiger partial charge in [0.1, 0.15) is 5.75 Å². The number of ether oxygens (including phenoxy) is 1. The molecular weight excluding hydrogens is 328 g/mol. The molecule has 0 fully saturated rings. The van der Waals surface area contributed by atoms with E-state index in [1.54, 1.807) is 0 Å². The van der Waals surface area contributed by atoms with Crippen molar-refractivity contribution in [1.29, 1.82) is 0 Å². The van der Waals surface area contributed by atoms with Crippen LogP contribution in [0.3, 0.4) is 0 Å². The van der Waals surface area contributed by atoms with Gasteiger partial charge in [-0.3, -0.25) is 4.90 Å². The highest BCUT2D eigenvalue weighted by atomic mass is 79.9. The summed E-state index contributed by atoms with van der Waals surface area (Å²) in [4.78, 5) is 2.51. The van der Waals surface area contributed by atoms with Gasteiger partial charge in [-0.1, -0.05) is 15.9 Å². The number of hydrogen-bond donors (Lipinski definition) is 1.